The molecule has 0 aliphatic rings. The van der Waals surface area contributed by atoms with Crippen LogP contribution in [0.5, 0.6) is 11.5 Å². The highest BCUT2D eigenvalue weighted by Crippen LogP contribution is 2.26. The van der Waals surface area contributed by atoms with Crippen LogP contribution in [0.2, 0.25) is 0 Å². The van der Waals surface area contributed by atoms with Gasteiger partial charge in [-0.2, -0.15) is 0 Å². The summed E-state index contributed by atoms with van der Waals surface area (Å²) in [6.45, 7) is 0.680. The number of rotatable bonds is 8. The zero-order valence-electron chi connectivity index (χ0n) is 13.5. The molecule has 6 heteroatoms. The van der Waals surface area contributed by atoms with Crippen LogP contribution in [0.1, 0.15) is 6.42 Å². The van der Waals surface area contributed by atoms with E-state index in [0.717, 1.165) is 34.5 Å². The summed E-state index contributed by atoms with van der Waals surface area (Å²) in [6.07, 6.45) is 2.64. The first-order chi connectivity index (χ1) is 11.9. The Kier molecular flexibility index (Phi) is 5.74. The van der Waals surface area contributed by atoms with Crippen molar-refractivity contribution >= 4 is 11.8 Å². The molecule has 0 unspecified atom stereocenters. The molecule has 0 atom stereocenters. The molecule has 3 rings (SSSR count). The van der Waals surface area contributed by atoms with Crippen LogP contribution < -0.4 is 9.47 Å². The summed E-state index contributed by atoms with van der Waals surface area (Å²) in [6, 6.07) is 17.7. The van der Waals surface area contributed by atoms with Crippen LogP contribution in [0.3, 0.4) is 0 Å². The molecule has 0 aliphatic heterocycles. The largest absolute Gasteiger partial charge is 0.495 e. The van der Waals surface area contributed by atoms with Gasteiger partial charge in [0.15, 0.2) is 5.16 Å². The van der Waals surface area contributed by atoms with Crippen LogP contribution in [0.15, 0.2) is 66.1 Å². The topological polar surface area (TPSA) is 49.2 Å². The predicted octanol–water partition coefficient (Wildman–Crippen LogP) is 3.84. The van der Waals surface area contributed by atoms with E-state index in [2.05, 4.69) is 10.2 Å². The minimum atomic E-state index is 0.680. The summed E-state index contributed by atoms with van der Waals surface area (Å²) in [4.78, 5) is 0. The molecule has 3 aromatic rings. The molecule has 5 nitrogen and oxygen atoms in total. The van der Waals surface area contributed by atoms with Crippen molar-refractivity contribution in [2.45, 2.75) is 11.6 Å². The van der Waals surface area contributed by atoms with Gasteiger partial charge in [-0.15, -0.1) is 10.2 Å². The van der Waals surface area contributed by atoms with Gasteiger partial charge in [0.25, 0.3) is 0 Å². The van der Waals surface area contributed by atoms with E-state index in [1.54, 1.807) is 25.2 Å². The SMILES string of the molecule is COc1ccccc1-n1cnnc1SCCCOc1ccccc1. The first-order valence-electron chi connectivity index (χ1n) is 7.72. The summed E-state index contributed by atoms with van der Waals surface area (Å²) in [5.41, 5.74) is 0.938. The highest BCUT2D eigenvalue weighted by Gasteiger charge is 2.10. The van der Waals surface area contributed by atoms with Crippen LogP contribution in [0.4, 0.5) is 0 Å². The average Bonchev–Trinajstić information content (AvgIpc) is 3.10. The molecule has 24 heavy (non-hydrogen) atoms. The molecule has 0 fully saturated rings. The summed E-state index contributed by atoms with van der Waals surface area (Å²) in [5, 5.41) is 9.08. The predicted molar refractivity (Wildman–Crippen MR) is 95.2 cm³/mol. The molecule has 0 amide bonds. The number of hydrogen-bond donors (Lipinski definition) is 0. The smallest absolute Gasteiger partial charge is 0.195 e. The van der Waals surface area contributed by atoms with E-state index in [0.29, 0.717) is 6.61 Å². The highest BCUT2D eigenvalue weighted by molar-refractivity contribution is 7.99. The van der Waals surface area contributed by atoms with Gasteiger partial charge in [-0.25, -0.2) is 0 Å². The summed E-state index contributed by atoms with van der Waals surface area (Å²) < 4.78 is 13.1. The lowest BCUT2D eigenvalue weighted by atomic mass is 10.3. The normalized spacial score (nSPS) is 10.5. The van der Waals surface area contributed by atoms with Crippen molar-refractivity contribution in [3.63, 3.8) is 0 Å². The number of nitrogens with zero attached hydrogens (tertiary/aromatic N) is 3. The fourth-order valence-electron chi connectivity index (χ4n) is 2.25. The molecular weight excluding hydrogens is 322 g/mol. The van der Waals surface area contributed by atoms with Gasteiger partial charge in [0.05, 0.1) is 19.4 Å². The van der Waals surface area contributed by atoms with E-state index in [1.807, 2.05) is 59.2 Å². The molecule has 0 radical (unpaired) electrons. The second kappa shape index (κ2) is 8.40. The van der Waals surface area contributed by atoms with E-state index in [-0.39, 0.29) is 0 Å². The lowest BCUT2D eigenvalue weighted by Gasteiger charge is -2.10. The molecule has 2 aromatic carbocycles. The number of thioether (sulfide) groups is 1. The van der Waals surface area contributed by atoms with Crippen LogP contribution in [0.25, 0.3) is 5.69 Å². The lowest BCUT2D eigenvalue weighted by Crippen LogP contribution is -2.01. The molecule has 0 saturated carbocycles. The lowest BCUT2D eigenvalue weighted by molar-refractivity contribution is 0.318. The van der Waals surface area contributed by atoms with Crippen molar-refractivity contribution in [3.8, 4) is 17.2 Å². The number of para-hydroxylation sites is 3. The minimum absolute atomic E-state index is 0.680. The zero-order valence-corrected chi connectivity index (χ0v) is 14.3. The fraction of sp³-hybridized carbons (Fsp3) is 0.222. The van der Waals surface area contributed by atoms with Crippen molar-refractivity contribution < 1.29 is 9.47 Å². The molecule has 0 spiro atoms. The molecule has 0 N–H and O–H groups in total. The van der Waals surface area contributed by atoms with Gasteiger partial charge in [-0.3, -0.25) is 4.57 Å². The van der Waals surface area contributed by atoms with Crippen molar-refractivity contribution in [2.75, 3.05) is 19.5 Å². The third-order valence-electron chi connectivity index (χ3n) is 3.39. The number of hydrogen-bond acceptors (Lipinski definition) is 5. The van der Waals surface area contributed by atoms with Gasteiger partial charge >= 0.3 is 0 Å². The Labute approximate surface area is 145 Å². The van der Waals surface area contributed by atoms with Crippen molar-refractivity contribution in [3.05, 3.63) is 60.9 Å². The van der Waals surface area contributed by atoms with Gasteiger partial charge in [-0.05, 0) is 30.7 Å². The van der Waals surface area contributed by atoms with E-state index >= 15 is 0 Å². The zero-order chi connectivity index (χ0) is 16.6. The summed E-state index contributed by atoms with van der Waals surface area (Å²) >= 11 is 1.66. The van der Waals surface area contributed by atoms with Crippen molar-refractivity contribution in [1.29, 1.82) is 0 Å². The second-order valence-electron chi connectivity index (χ2n) is 5.02. The molecule has 1 aromatic heterocycles. The first kappa shape index (κ1) is 16.4. The van der Waals surface area contributed by atoms with Gasteiger partial charge < -0.3 is 9.47 Å². The number of aromatic nitrogens is 3. The van der Waals surface area contributed by atoms with Crippen molar-refractivity contribution in [2.24, 2.45) is 0 Å². The highest BCUT2D eigenvalue weighted by atomic mass is 32.2. The number of benzene rings is 2. The molecule has 124 valence electrons. The Morgan fingerprint density at radius 1 is 1.04 bits per heavy atom. The standard InChI is InChI=1S/C18H19N3O2S/c1-22-17-11-6-5-10-16(17)21-14-19-20-18(21)24-13-7-12-23-15-8-3-2-4-9-15/h2-6,8-11,14H,7,12-13H2,1H3. The summed E-state index contributed by atoms with van der Waals surface area (Å²) in [7, 11) is 1.66. The Bertz CT molecular complexity index is 762. The molecular formula is C18H19N3O2S. The van der Waals surface area contributed by atoms with E-state index < -0.39 is 0 Å². The van der Waals surface area contributed by atoms with E-state index in [9.17, 15) is 0 Å². The summed E-state index contributed by atoms with van der Waals surface area (Å²) in [5.74, 6) is 2.60. The van der Waals surface area contributed by atoms with Crippen LogP contribution in [-0.2, 0) is 0 Å². The quantitative estimate of drug-likeness (QED) is 0.460. The maximum atomic E-state index is 5.70. The Hall–Kier alpha value is -2.47. The first-order valence-corrected chi connectivity index (χ1v) is 8.71. The molecule has 0 bridgehead atoms. The minimum Gasteiger partial charge on any atom is -0.495 e. The van der Waals surface area contributed by atoms with Crippen molar-refractivity contribution in [1.82, 2.24) is 14.8 Å². The van der Waals surface area contributed by atoms with Gasteiger partial charge in [0, 0.05) is 5.75 Å². The van der Waals surface area contributed by atoms with Crippen LogP contribution in [0, 0.1) is 0 Å². The van der Waals surface area contributed by atoms with Gasteiger partial charge in [0.1, 0.15) is 17.8 Å². The second-order valence-corrected chi connectivity index (χ2v) is 6.08. The molecule has 1 heterocycles. The maximum Gasteiger partial charge on any atom is 0.195 e. The Morgan fingerprint density at radius 3 is 2.67 bits per heavy atom. The Morgan fingerprint density at radius 2 is 1.83 bits per heavy atom. The van der Waals surface area contributed by atoms with Gasteiger partial charge in [0.2, 0.25) is 0 Å². The third kappa shape index (κ3) is 4.08. The monoisotopic (exact) mass is 341 g/mol. The fourth-order valence-corrected chi connectivity index (χ4v) is 3.08. The van der Waals surface area contributed by atoms with Crippen LogP contribution in [-0.4, -0.2) is 34.2 Å². The molecule has 0 aliphatic carbocycles. The number of ether oxygens (including phenoxy) is 2. The average molecular weight is 341 g/mol. The van der Waals surface area contributed by atoms with E-state index in [4.69, 9.17) is 9.47 Å². The Balaban J connectivity index is 1.54. The molecule has 0 saturated heterocycles. The van der Waals surface area contributed by atoms with Gasteiger partial charge in [-0.1, -0.05) is 42.1 Å². The third-order valence-corrected chi connectivity index (χ3v) is 4.42. The number of methoxy groups -OCH3 is 1. The van der Waals surface area contributed by atoms with Crippen LogP contribution >= 0.6 is 11.8 Å². The van der Waals surface area contributed by atoms with E-state index in [1.165, 1.54) is 0 Å². The maximum absolute atomic E-state index is 5.70.